The zero-order valence-electron chi connectivity index (χ0n) is 13.9. The van der Waals surface area contributed by atoms with Crippen LogP contribution in [0.4, 0.5) is 11.6 Å². The molecule has 5 nitrogen and oxygen atoms in total. The van der Waals surface area contributed by atoms with Gasteiger partial charge in [0.2, 0.25) is 11.8 Å². The van der Waals surface area contributed by atoms with E-state index >= 15 is 0 Å². The number of hydrogen-bond acceptors (Lipinski definition) is 2. The Hall–Kier alpha value is -1.78. The van der Waals surface area contributed by atoms with E-state index in [-0.39, 0.29) is 22.6 Å². The summed E-state index contributed by atoms with van der Waals surface area (Å²) in [6, 6.07) is 3.49. The number of nitrogens with one attached hydrogen (secondary N) is 3. The second kappa shape index (κ2) is 6.33. The van der Waals surface area contributed by atoms with Gasteiger partial charge in [-0.15, -0.1) is 0 Å². The van der Waals surface area contributed by atoms with Crippen LogP contribution in [-0.2, 0) is 9.59 Å². The minimum atomic E-state index is -0.0551. The van der Waals surface area contributed by atoms with Crippen molar-refractivity contribution < 1.29 is 9.59 Å². The van der Waals surface area contributed by atoms with Crippen molar-refractivity contribution in [1.29, 1.82) is 0 Å². The molecule has 0 aromatic carbocycles. The highest BCUT2D eigenvalue weighted by molar-refractivity contribution is 5.93. The van der Waals surface area contributed by atoms with Crippen LogP contribution in [0.3, 0.4) is 0 Å². The highest BCUT2D eigenvalue weighted by atomic mass is 16.2. The zero-order valence-corrected chi connectivity index (χ0v) is 13.9. The molecule has 0 saturated heterocycles. The van der Waals surface area contributed by atoms with E-state index in [1.165, 1.54) is 0 Å². The highest BCUT2D eigenvalue weighted by Crippen LogP contribution is 2.21. The number of H-pyrrole nitrogens is 1. The average molecular weight is 293 g/mol. The smallest absolute Gasteiger partial charge is 0.225 e. The molecule has 0 saturated carbocycles. The molecule has 0 fully saturated rings. The highest BCUT2D eigenvalue weighted by Gasteiger charge is 2.18. The first-order valence-corrected chi connectivity index (χ1v) is 7.23. The van der Waals surface area contributed by atoms with E-state index in [9.17, 15) is 9.59 Å². The topological polar surface area (TPSA) is 74.0 Å². The third-order valence-corrected chi connectivity index (χ3v) is 2.62. The van der Waals surface area contributed by atoms with E-state index < -0.39 is 0 Å². The Kier molecular flexibility index (Phi) is 5.20. The summed E-state index contributed by atoms with van der Waals surface area (Å²) in [6.45, 7) is 12.1. The summed E-state index contributed by atoms with van der Waals surface area (Å²) in [5.74, 6) is 1.10. The molecule has 0 aliphatic rings. The van der Waals surface area contributed by atoms with Gasteiger partial charge in [-0.25, -0.2) is 0 Å². The summed E-state index contributed by atoms with van der Waals surface area (Å²) in [7, 11) is 0. The van der Waals surface area contributed by atoms with Crippen molar-refractivity contribution in [3.63, 3.8) is 0 Å². The van der Waals surface area contributed by atoms with E-state index in [1.807, 2.05) is 41.5 Å². The molecule has 0 unspecified atom stereocenters. The van der Waals surface area contributed by atoms with Gasteiger partial charge < -0.3 is 15.6 Å². The Morgan fingerprint density at radius 2 is 1.19 bits per heavy atom. The van der Waals surface area contributed by atoms with Crippen molar-refractivity contribution in [2.75, 3.05) is 10.6 Å². The maximum Gasteiger partial charge on any atom is 0.225 e. The molecule has 0 spiro atoms. The lowest BCUT2D eigenvalue weighted by Crippen LogP contribution is -2.20. The molecule has 21 heavy (non-hydrogen) atoms. The number of rotatable bonds is 4. The average Bonchev–Trinajstić information content (AvgIpc) is 2.58. The lowest BCUT2D eigenvalue weighted by Gasteiger charge is -2.17. The Balaban J connectivity index is 2.54. The van der Waals surface area contributed by atoms with Crippen LogP contribution in [0, 0.1) is 10.8 Å². The fourth-order valence-electron chi connectivity index (χ4n) is 1.89. The van der Waals surface area contributed by atoms with Gasteiger partial charge in [-0.05, 0) is 23.0 Å². The fourth-order valence-corrected chi connectivity index (χ4v) is 1.89. The number of carbonyl (C=O) groups excluding carboxylic acids is 2. The SMILES string of the molecule is CC(C)(C)CC(=O)Nc1ccc(NC(=O)CC(C)(C)C)[nH]1. The van der Waals surface area contributed by atoms with Crippen LogP contribution >= 0.6 is 0 Å². The van der Waals surface area contributed by atoms with Crippen molar-refractivity contribution >= 4 is 23.5 Å². The second-order valence-corrected chi connectivity index (χ2v) is 7.86. The minimum absolute atomic E-state index is 0.0445. The molecule has 1 aromatic rings. The van der Waals surface area contributed by atoms with Gasteiger partial charge in [0.25, 0.3) is 0 Å². The molecule has 0 aliphatic carbocycles. The Bertz CT molecular complexity index is 460. The van der Waals surface area contributed by atoms with Gasteiger partial charge in [0.1, 0.15) is 11.6 Å². The van der Waals surface area contributed by atoms with Crippen molar-refractivity contribution in [2.45, 2.75) is 54.4 Å². The quantitative estimate of drug-likeness (QED) is 0.790. The Labute approximate surface area is 126 Å². The molecule has 5 heteroatoms. The molecule has 3 N–H and O–H groups in total. The molecular formula is C16H27N3O2. The van der Waals surface area contributed by atoms with E-state index in [0.29, 0.717) is 24.5 Å². The monoisotopic (exact) mass is 293 g/mol. The third kappa shape index (κ3) is 7.54. The van der Waals surface area contributed by atoms with Crippen LogP contribution in [-0.4, -0.2) is 16.8 Å². The first-order valence-electron chi connectivity index (χ1n) is 7.23. The Morgan fingerprint density at radius 3 is 1.48 bits per heavy atom. The first-order chi connectivity index (χ1) is 9.44. The van der Waals surface area contributed by atoms with E-state index in [0.717, 1.165) is 0 Å². The Morgan fingerprint density at radius 1 is 0.857 bits per heavy atom. The second-order valence-electron chi connectivity index (χ2n) is 7.86. The lowest BCUT2D eigenvalue weighted by molar-refractivity contribution is -0.118. The number of aromatic nitrogens is 1. The van der Waals surface area contributed by atoms with Crippen LogP contribution in [0.2, 0.25) is 0 Å². The van der Waals surface area contributed by atoms with Crippen molar-refractivity contribution in [1.82, 2.24) is 4.98 Å². The number of anilines is 2. The maximum atomic E-state index is 11.8. The summed E-state index contributed by atoms with van der Waals surface area (Å²) in [6.07, 6.45) is 0.884. The molecule has 0 radical (unpaired) electrons. The molecule has 1 heterocycles. The molecular weight excluding hydrogens is 266 g/mol. The summed E-state index contributed by atoms with van der Waals surface area (Å²) < 4.78 is 0. The molecule has 1 aromatic heterocycles. The summed E-state index contributed by atoms with van der Waals surface area (Å²) in [5, 5.41) is 5.59. The van der Waals surface area contributed by atoms with Gasteiger partial charge in [-0.1, -0.05) is 41.5 Å². The van der Waals surface area contributed by atoms with Crippen LogP contribution < -0.4 is 10.6 Å². The normalized spacial score (nSPS) is 12.1. The van der Waals surface area contributed by atoms with Gasteiger partial charge in [0.05, 0.1) is 0 Å². The van der Waals surface area contributed by atoms with Crippen molar-refractivity contribution in [3.05, 3.63) is 12.1 Å². The number of hydrogen-bond donors (Lipinski definition) is 3. The minimum Gasteiger partial charge on any atom is -0.328 e. The summed E-state index contributed by atoms with van der Waals surface area (Å²) >= 11 is 0. The van der Waals surface area contributed by atoms with Gasteiger partial charge in [0, 0.05) is 12.8 Å². The molecule has 2 amide bonds. The molecule has 0 aliphatic heterocycles. The largest absolute Gasteiger partial charge is 0.328 e. The zero-order chi connectivity index (χ0) is 16.3. The first kappa shape index (κ1) is 17.3. The van der Waals surface area contributed by atoms with Gasteiger partial charge in [-0.2, -0.15) is 0 Å². The van der Waals surface area contributed by atoms with Gasteiger partial charge in [-0.3, -0.25) is 9.59 Å². The number of carbonyl (C=O) groups is 2. The predicted octanol–water partition coefficient (Wildman–Crippen LogP) is 3.76. The van der Waals surface area contributed by atoms with E-state index in [2.05, 4.69) is 15.6 Å². The van der Waals surface area contributed by atoms with Crippen molar-refractivity contribution in [2.24, 2.45) is 10.8 Å². The molecule has 118 valence electrons. The van der Waals surface area contributed by atoms with Crippen LogP contribution in [0.25, 0.3) is 0 Å². The van der Waals surface area contributed by atoms with Crippen LogP contribution in [0.5, 0.6) is 0 Å². The maximum absolute atomic E-state index is 11.8. The van der Waals surface area contributed by atoms with E-state index in [1.54, 1.807) is 12.1 Å². The van der Waals surface area contributed by atoms with Crippen LogP contribution in [0.1, 0.15) is 54.4 Å². The molecule has 1 rings (SSSR count). The molecule has 0 atom stereocenters. The van der Waals surface area contributed by atoms with Gasteiger partial charge >= 0.3 is 0 Å². The lowest BCUT2D eigenvalue weighted by atomic mass is 9.92. The predicted molar refractivity (Wildman–Crippen MR) is 86.2 cm³/mol. The number of amides is 2. The summed E-state index contributed by atoms with van der Waals surface area (Å²) in [5.41, 5.74) is -0.110. The summed E-state index contributed by atoms with van der Waals surface area (Å²) in [4.78, 5) is 26.6. The van der Waals surface area contributed by atoms with Crippen molar-refractivity contribution in [3.8, 4) is 0 Å². The van der Waals surface area contributed by atoms with E-state index in [4.69, 9.17) is 0 Å². The fraction of sp³-hybridized carbons (Fsp3) is 0.625. The molecule has 0 bridgehead atoms. The number of aromatic amines is 1. The van der Waals surface area contributed by atoms with Crippen LogP contribution in [0.15, 0.2) is 12.1 Å². The third-order valence-electron chi connectivity index (χ3n) is 2.62. The van der Waals surface area contributed by atoms with Gasteiger partial charge in [0.15, 0.2) is 0 Å². The standard InChI is InChI=1S/C16H27N3O2/c1-15(2,3)9-13(20)18-11-7-8-12(17-11)19-14(21)10-16(4,5)6/h7-8,17H,9-10H2,1-6H3,(H,18,20)(H,19,21).